The quantitative estimate of drug-likeness (QED) is 0.721. The van der Waals surface area contributed by atoms with Crippen LogP contribution < -0.4 is 11.1 Å². The third-order valence-electron chi connectivity index (χ3n) is 4.20. The van der Waals surface area contributed by atoms with E-state index in [9.17, 15) is 0 Å². The summed E-state index contributed by atoms with van der Waals surface area (Å²) in [5, 5.41) is 5.83. The molecule has 0 fully saturated rings. The molecule has 0 saturated heterocycles. The first-order valence-corrected chi connectivity index (χ1v) is 8.04. The zero-order chi connectivity index (χ0) is 15.2. The number of aromatic nitrogens is 1. The normalized spacial score (nSPS) is 12.5. The fourth-order valence-electron chi connectivity index (χ4n) is 2.72. The van der Waals surface area contributed by atoms with Gasteiger partial charge >= 0.3 is 0 Å². The van der Waals surface area contributed by atoms with Gasteiger partial charge in [-0.2, -0.15) is 0 Å². The highest BCUT2D eigenvalue weighted by Gasteiger charge is 2.09. The maximum atomic E-state index is 6.06. The molecular formula is C18H27N3. The first-order valence-electron chi connectivity index (χ1n) is 8.04. The van der Waals surface area contributed by atoms with Crippen molar-refractivity contribution in [1.82, 2.24) is 4.98 Å². The summed E-state index contributed by atoms with van der Waals surface area (Å²) in [5.74, 6) is 0.737. The molecule has 0 saturated carbocycles. The number of pyridine rings is 1. The van der Waals surface area contributed by atoms with Gasteiger partial charge in [0, 0.05) is 40.6 Å². The molecule has 2 rings (SSSR count). The Labute approximate surface area is 128 Å². The van der Waals surface area contributed by atoms with E-state index in [1.807, 2.05) is 19.2 Å². The van der Waals surface area contributed by atoms with Gasteiger partial charge in [0.1, 0.15) is 0 Å². The van der Waals surface area contributed by atoms with Crippen molar-refractivity contribution in [2.24, 2.45) is 5.92 Å². The Hall–Kier alpha value is -1.77. The van der Waals surface area contributed by atoms with Crippen LogP contribution in [0.15, 0.2) is 24.4 Å². The van der Waals surface area contributed by atoms with Gasteiger partial charge in [-0.25, -0.2) is 0 Å². The number of nitrogen functional groups attached to an aromatic ring is 1. The van der Waals surface area contributed by atoms with Crippen LogP contribution in [0.1, 0.15) is 45.2 Å². The van der Waals surface area contributed by atoms with Gasteiger partial charge in [0.05, 0.1) is 0 Å². The van der Waals surface area contributed by atoms with E-state index < -0.39 is 0 Å². The summed E-state index contributed by atoms with van der Waals surface area (Å²) in [6.07, 6.45) is 6.98. The molecule has 1 heterocycles. The van der Waals surface area contributed by atoms with Crippen molar-refractivity contribution >= 4 is 22.1 Å². The van der Waals surface area contributed by atoms with E-state index >= 15 is 0 Å². The van der Waals surface area contributed by atoms with Crippen LogP contribution in [0.2, 0.25) is 0 Å². The van der Waals surface area contributed by atoms with Crippen LogP contribution in [-0.4, -0.2) is 11.5 Å². The zero-order valence-electron chi connectivity index (χ0n) is 13.4. The van der Waals surface area contributed by atoms with Crippen molar-refractivity contribution in [3.05, 3.63) is 30.1 Å². The lowest BCUT2D eigenvalue weighted by Crippen LogP contribution is -2.14. The van der Waals surface area contributed by atoms with E-state index in [0.717, 1.165) is 29.2 Å². The van der Waals surface area contributed by atoms with Gasteiger partial charge < -0.3 is 11.1 Å². The molecule has 1 atom stereocenters. The van der Waals surface area contributed by atoms with Crippen molar-refractivity contribution < 1.29 is 0 Å². The topological polar surface area (TPSA) is 50.9 Å². The highest BCUT2D eigenvalue weighted by Crippen LogP contribution is 2.28. The first kappa shape index (κ1) is 15.6. The number of rotatable bonds is 7. The fourth-order valence-corrected chi connectivity index (χ4v) is 2.72. The van der Waals surface area contributed by atoms with Crippen LogP contribution in [0.3, 0.4) is 0 Å². The number of anilines is 2. The van der Waals surface area contributed by atoms with E-state index in [4.69, 9.17) is 5.73 Å². The Bertz CT molecular complexity index is 592. The van der Waals surface area contributed by atoms with Crippen LogP contribution in [0.5, 0.6) is 0 Å². The molecule has 0 aliphatic carbocycles. The minimum atomic E-state index is 0.737. The number of aryl methyl sites for hydroxylation is 1. The third kappa shape index (κ3) is 3.87. The predicted molar refractivity (Wildman–Crippen MR) is 92.7 cm³/mol. The van der Waals surface area contributed by atoms with Gasteiger partial charge in [0.15, 0.2) is 0 Å². The molecule has 0 amide bonds. The Kier molecular flexibility index (Phi) is 5.43. The molecule has 1 aromatic carbocycles. The molecule has 3 N–H and O–H groups in total. The van der Waals surface area contributed by atoms with Crippen LogP contribution in [-0.2, 0) is 0 Å². The Morgan fingerprint density at radius 2 is 2.05 bits per heavy atom. The molecule has 3 nitrogen and oxygen atoms in total. The number of unbranched alkanes of at least 4 members (excludes halogenated alkanes) is 1. The number of fused-ring (bicyclic) bond motifs is 1. The lowest BCUT2D eigenvalue weighted by atomic mass is 9.99. The fraction of sp³-hybridized carbons (Fsp3) is 0.500. The molecule has 21 heavy (non-hydrogen) atoms. The summed E-state index contributed by atoms with van der Waals surface area (Å²) in [7, 11) is 0. The highest BCUT2D eigenvalue weighted by atomic mass is 14.9. The van der Waals surface area contributed by atoms with Gasteiger partial charge in [0.25, 0.3) is 0 Å². The SMILES string of the molecule is CCCCC(CC)CNc1ccc(N)c2cnc(C)cc12. The minimum absolute atomic E-state index is 0.737. The second kappa shape index (κ2) is 7.30. The molecule has 0 spiro atoms. The lowest BCUT2D eigenvalue weighted by Gasteiger charge is -2.18. The second-order valence-electron chi connectivity index (χ2n) is 5.87. The molecule has 0 aliphatic heterocycles. The molecule has 3 heteroatoms. The molecule has 0 radical (unpaired) electrons. The standard InChI is InChI=1S/C18H27N3/c1-4-6-7-14(5-2)11-21-18-9-8-17(19)16-12-20-13(3)10-15(16)18/h8-10,12,14,21H,4-7,11,19H2,1-3H3. The van der Waals surface area contributed by atoms with E-state index in [2.05, 4.69) is 36.3 Å². The first-order chi connectivity index (χ1) is 10.2. The molecule has 2 aromatic rings. The predicted octanol–water partition coefficient (Wildman–Crippen LogP) is 4.75. The van der Waals surface area contributed by atoms with Gasteiger partial charge in [-0.15, -0.1) is 0 Å². The Balaban J connectivity index is 2.18. The van der Waals surface area contributed by atoms with Crippen molar-refractivity contribution in [2.75, 3.05) is 17.6 Å². The molecule has 114 valence electrons. The maximum Gasteiger partial charge on any atom is 0.0422 e. The van der Waals surface area contributed by atoms with Crippen LogP contribution in [0.4, 0.5) is 11.4 Å². The number of nitrogens with one attached hydrogen (secondary N) is 1. The Morgan fingerprint density at radius 3 is 2.76 bits per heavy atom. The minimum Gasteiger partial charge on any atom is -0.398 e. The summed E-state index contributed by atoms with van der Waals surface area (Å²) < 4.78 is 0. The van der Waals surface area contributed by atoms with E-state index in [1.165, 1.54) is 36.8 Å². The average molecular weight is 285 g/mol. The van der Waals surface area contributed by atoms with Crippen molar-refractivity contribution in [2.45, 2.75) is 46.5 Å². The zero-order valence-corrected chi connectivity index (χ0v) is 13.4. The second-order valence-corrected chi connectivity index (χ2v) is 5.87. The monoisotopic (exact) mass is 285 g/mol. The van der Waals surface area contributed by atoms with E-state index in [0.29, 0.717) is 0 Å². The van der Waals surface area contributed by atoms with E-state index in [-0.39, 0.29) is 0 Å². The van der Waals surface area contributed by atoms with Crippen LogP contribution in [0.25, 0.3) is 10.8 Å². The average Bonchev–Trinajstić information content (AvgIpc) is 2.49. The Morgan fingerprint density at radius 1 is 1.24 bits per heavy atom. The number of nitrogens with zero attached hydrogens (tertiary/aromatic N) is 1. The number of hydrogen-bond acceptors (Lipinski definition) is 3. The van der Waals surface area contributed by atoms with Gasteiger partial charge in [-0.05, 0) is 37.5 Å². The van der Waals surface area contributed by atoms with Crippen LogP contribution >= 0.6 is 0 Å². The number of hydrogen-bond donors (Lipinski definition) is 2. The largest absolute Gasteiger partial charge is 0.398 e. The van der Waals surface area contributed by atoms with Crippen LogP contribution in [0, 0.1) is 12.8 Å². The summed E-state index contributed by atoms with van der Waals surface area (Å²) in [6.45, 7) is 7.57. The summed E-state index contributed by atoms with van der Waals surface area (Å²) in [6, 6.07) is 6.17. The molecule has 0 aliphatic rings. The third-order valence-corrected chi connectivity index (χ3v) is 4.20. The smallest absolute Gasteiger partial charge is 0.0422 e. The molecule has 0 bridgehead atoms. The van der Waals surface area contributed by atoms with Gasteiger partial charge in [-0.1, -0.05) is 33.1 Å². The molecule has 1 aromatic heterocycles. The van der Waals surface area contributed by atoms with Crippen molar-refractivity contribution in [3.63, 3.8) is 0 Å². The van der Waals surface area contributed by atoms with E-state index in [1.54, 1.807) is 0 Å². The lowest BCUT2D eigenvalue weighted by molar-refractivity contribution is 0.473. The number of benzene rings is 1. The van der Waals surface area contributed by atoms with Gasteiger partial charge in [0.2, 0.25) is 0 Å². The summed E-state index contributed by atoms with van der Waals surface area (Å²) in [4.78, 5) is 4.35. The van der Waals surface area contributed by atoms with Crippen molar-refractivity contribution in [3.8, 4) is 0 Å². The summed E-state index contributed by atoms with van der Waals surface area (Å²) >= 11 is 0. The van der Waals surface area contributed by atoms with Gasteiger partial charge in [-0.3, -0.25) is 4.98 Å². The maximum absolute atomic E-state index is 6.06. The molecule has 1 unspecified atom stereocenters. The summed E-state index contributed by atoms with van der Waals surface area (Å²) in [5.41, 5.74) is 9.04. The highest BCUT2D eigenvalue weighted by molar-refractivity contribution is 6.00. The molecular weight excluding hydrogens is 258 g/mol. The number of nitrogens with two attached hydrogens (primary N) is 1. The van der Waals surface area contributed by atoms with Crippen molar-refractivity contribution in [1.29, 1.82) is 0 Å².